The van der Waals surface area contributed by atoms with E-state index in [-0.39, 0.29) is 13.0 Å². The molecule has 12 heteroatoms. The fourth-order valence-corrected chi connectivity index (χ4v) is 3.26. The van der Waals surface area contributed by atoms with Gasteiger partial charge in [-0.2, -0.15) is 0 Å². The van der Waals surface area contributed by atoms with Gasteiger partial charge in [0.1, 0.15) is 24.3 Å². The Morgan fingerprint density at radius 3 is 2.11 bits per heavy atom. The fraction of sp³-hybridized carbons (Fsp3) is 0.577. The third-order valence-corrected chi connectivity index (χ3v) is 5.15. The summed E-state index contributed by atoms with van der Waals surface area (Å²) >= 11 is 0. The Morgan fingerprint density at radius 1 is 0.974 bits per heavy atom. The zero-order valence-corrected chi connectivity index (χ0v) is 22.6. The summed E-state index contributed by atoms with van der Waals surface area (Å²) in [4.78, 5) is 62.5. The molecule has 1 rings (SSSR count). The number of aliphatic hydroxyl groups excluding tert-OH is 1. The molecule has 0 aliphatic rings. The van der Waals surface area contributed by atoms with Gasteiger partial charge in [-0.25, -0.2) is 9.59 Å². The smallest absolute Gasteiger partial charge is 0.408 e. The molecule has 0 aliphatic heterocycles. The summed E-state index contributed by atoms with van der Waals surface area (Å²) in [6, 6.07) is 4.79. The molecule has 0 spiro atoms. The first-order valence-corrected chi connectivity index (χ1v) is 12.5. The van der Waals surface area contributed by atoms with E-state index < -0.39 is 66.0 Å². The van der Waals surface area contributed by atoms with E-state index in [2.05, 4.69) is 16.0 Å². The molecule has 0 bridgehead atoms. The molecule has 1 aromatic rings. The maximum atomic E-state index is 13.0. The average molecular weight is 537 g/mol. The second kappa shape index (κ2) is 15.6. The van der Waals surface area contributed by atoms with Crippen LogP contribution in [-0.2, 0) is 35.3 Å². The van der Waals surface area contributed by atoms with Crippen molar-refractivity contribution < 1.29 is 38.6 Å². The van der Waals surface area contributed by atoms with Gasteiger partial charge in [0.05, 0.1) is 12.5 Å². The standard InChI is InChI=1S/C26H40N4O8/c1-6-7-13-18(29-25(36)38-26(3,4)5)22(33)28-19(14-20(27)32)23(34)30-21(16(2)31)24(35)37-15-17-11-9-8-10-12-17/h8-12,16,18-19,21,31H,6-7,13-15H2,1-5H3,(H2,27,32)(H,28,33)(H,29,36)(H,30,34)/t16-,18+,19+,21+/m1/s1. The Kier molecular flexibility index (Phi) is 13.2. The molecule has 0 fully saturated rings. The Balaban J connectivity index is 2.96. The van der Waals surface area contributed by atoms with Crippen LogP contribution in [-0.4, -0.2) is 64.7 Å². The van der Waals surface area contributed by atoms with Crippen molar-refractivity contribution >= 4 is 29.8 Å². The summed E-state index contributed by atoms with van der Waals surface area (Å²) in [6.07, 6.45) is -1.20. The molecule has 0 saturated heterocycles. The third kappa shape index (κ3) is 12.5. The third-order valence-electron chi connectivity index (χ3n) is 5.15. The second-order valence-corrected chi connectivity index (χ2v) is 9.89. The minimum absolute atomic E-state index is 0.0876. The molecular weight excluding hydrogens is 496 g/mol. The largest absolute Gasteiger partial charge is 0.459 e. The predicted molar refractivity (Wildman–Crippen MR) is 138 cm³/mol. The van der Waals surface area contributed by atoms with E-state index in [1.807, 2.05) is 6.92 Å². The van der Waals surface area contributed by atoms with Gasteiger partial charge in [0.25, 0.3) is 0 Å². The van der Waals surface area contributed by atoms with Crippen molar-refractivity contribution in [2.45, 2.75) is 96.7 Å². The number of carbonyl (C=O) groups is 5. The van der Waals surface area contributed by atoms with Crippen LogP contribution in [0.1, 0.15) is 65.9 Å². The lowest BCUT2D eigenvalue weighted by Crippen LogP contribution is -2.58. The van der Waals surface area contributed by atoms with Gasteiger partial charge in [-0.15, -0.1) is 0 Å². The van der Waals surface area contributed by atoms with Crippen molar-refractivity contribution in [3.05, 3.63) is 35.9 Å². The number of amides is 4. The Morgan fingerprint density at radius 2 is 1.58 bits per heavy atom. The molecule has 0 aromatic heterocycles. The number of ether oxygens (including phenoxy) is 2. The van der Waals surface area contributed by atoms with Gasteiger partial charge in [-0.05, 0) is 39.7 Å². The van der Waals surface area contributed by atoms with E-state index in [0.29, 0.717) is 12.0 Å². The Hall–Kier alpha value is -3.67. The first-order valence-electron chi connectivity index (χ1n) is 12.5. The Bertz CT molecular complexity index is 946. The molecule has 4 amide bonds. The monoisotopic (exact) mass is 536 g/mol. The van der Waals surface area contributed by atoms with Crippen LogP contribution in [0.15, 0.2) is 30.3 Å². The van der Waals surface area contributed by atoms with E-state index in [9.17, 15) is 29.1 Å². The SMILES string of the molecule is CCCC[C@H](NC(=O)OC(C)(C)C)C(=O)N[C@@H](CC(N)=O)C(=O)N[C@H](C(=O)OCc1ccccc1)[C@@H](C)O. The summed E-state index contributed by atoms with van der Waals surface area (Å²) < 4.78 is 10.4. The van der Waals surface area contributed by atoms with Crippen molar-refractivity contribution in [3.63, 3.8) is 0 Å². The first-order chi connectivity index (χ1) is 17.7. The molecule has 0 aliphatic carbocycles. The molecule has 0 heterocycles. The van der Waals surface area contributed by atoms with Crippen molar-refractivity contribution in [2.75, 3.05) is 0 Å². The molecule has 0 saturated carbocycles. The Labute approximate surface area is 223 Å². The van der Waals surface area contributed by atoms with E-state index in [0.717, 1.165) is 6.42 Å². The van der Waals surface area contributed by atoms with E-state index in [1.54, 1.807) is 51.1 Å². The number of hydrogen-bond donors (Lipinski definition) is 5. The lowest BCUT2D eigenvalue weighted by Gasteiger charge is -2.26. The van der Waals surface area contributed by atoms with Gasteiger partial charge in [-0.3, -0.25) is 14.4 Å². The summed E-state index contributed by atoms with van der Waals surface area (Å²) in [7, 11) is 0. The number of aliphatic hydroxyl groups is 1. The van der Waals surface area contributed by atoms with Crippen LogP contribution >= 0.6 is 0 Å². The van der Waals surface area contributed by atoms with Crippen molar-refractivity contribution in [1.29, 1.82) is 0 Å². The van der Waals surface area contributed by atoms with Gasteiger partial charge >= 0.3 is 12.1 Å². The number of carbonyl (C=O) groups excluding carboxylic acids is 5. The second-order valence-electron chi connectivity index (χ2n) is 9.89. The van der Waals surface area contributed by atoms with Crippen molar-refractivity contribution in [3.8, 4) is 0 Å². The highest BCUT2D eigenvalue weighted by Gasteiger charge is 2.33. The molecule has 0 unspecified atom stereocenters. The van der Waals surface area contributed by atoms with Crippen LogP contribution in [0.5, 0.6) is 0 Å². The van der Waals surface area contributed by atoms with Gasteiger partial charge in [0.15, 0.2) is 6.04 Å². The first kappa shape index (κ1) is 32.4. The van der Waals surface area contributed by atoms with Gasteiger partial charge in [0.2, 0.25) is 17.7 Å². The molecule has 38 heavy (non-hydrogen) atoms. The molecule has 4 atom stereocenters. The number of benzene rings is 1. The normalized spacial score (nSPS) is 14.3. The lowest BCUT2D eigenvalue weighted by molar-refractivity contribution is -0.152. The van der Waals surface area contributed by atoms with Gasteiger partial charge in [-0.1, -0.05) is 50.1 Å². The zero-order chi connectivity index (χ0) is 28.9. The molecule has 6 N–H and O–H groups in total. The summed E-state index contributed by atoms with van der Waals surface area (Å²) in [5.41, 5.74) is 5.18. The molecule has 0 radical (unpaired) electrons. The van der Waals surface area contributed by atoms with Crippen molar-refractivity contribution in [1.82, 2.24) is 16.0 Å². The van der Waals surface area contributed by atoms with Crippen LogP contribution in [0.3, 0.4) is 0 Å². The number of alkyl carbamates (subject to hydrolysis) is 1. The number of nitrogens with one attached hydrogen (secondary N) is 3. The molecule has 212 valence electrons. The topological polar surface area (TPSA) is 186 Å². The summed E-state index contributed by atoms with van der Waals surface area (Å²) in [5.74, 6) is -3.48. The number of nitrogens with two attached hydrogens (primary N) is 1. The summed E-state index contributed by atoms with van der Waals surface area (Å²) in [5, 5.41) is 17.3. The maximum Gasteiger partial charge on any atom is 0.408 e. The molecule has 12 nitrogen and oxygen atoms in total. The van der Waals surface area contributed by atoms with E-state index in [1.165, 1.54) is 6.92 Å². The van der Waals surface area contributed by atoms with Crippen LogP contribution in [0.4, 0.5) is 4.79 Å². The highest BCUT2D eigenvalue weighted by atomic mass is 16.6. The van der Waals surface area contributed by atoms with Crippen LogP contribution in [0, 0.1) is 0 Å². The highest BCUT2D eigenvalue weighted by molar-refractivity contribution is 5.95. The van der Waals surface area contributed by atoms with E-state index in [4.69, 9.17) is 15.2 Å². The minimum Gasteiger partial charge on any atom is -0.459 e. The highest BCUT2D eigenvalue weighted by Crippen LogP contribution is 2.09. The number of rotatable bonds is 14. The van der Waals surface area contributed by atoms with Crippen molar-refractivity contribution in [2.24, 2.45) is 5.73 Å². The minimum atomic E-state index is -1.48. The maximum absolute atomic E-state index is 13.0. The molecular formula is C26H40N4O8. The number of esters is 1. The van der Waals surface area contributed by atoms with Crippen LogP contribution in [0.25, 0.3) is 0 Å². The molecule has 1 aromatic carbocycles. The lowest BCUT2D eigenvalue weighted by atomic mass is 10.1. The van der Waals surface area contributed by atoms with Gasteiger partial charge in [0, 0.05) is 0 Å². The predicted octanol–water partition coefficient (Wildman–Crippen LogP) is 1.04. The summed E-state index contributed by atoms with van der Waals surface area (Å²) in [6.45, 7) is 8.11. The number of unbranched alkanes of at least 4 members (excludes halogenated alkanes) is 1. The number of hydrogen-bond acceptors (Lipinski definition) is 8. The van der Waals surface area contributed by atoms with Crippen LogP contribution < -0.4 is 21.7 Å². The fourth-order valence-electron chi connectivity index (χ4n) is 3.26. The average Bonchev–Trinajstić information content (AvgIpc) is 2.81. The zero-order valence-electron chi connectivity index (χ0n) is 22.6. The van der Waals surface area contributed by atoms with E-state index >= 15 is 0 Å². The number of primary amides is 1. The quantitative estimate of drug-likeness (QED) is 0.218. The van der Waals surface area contributed by atoms with Crippen LogP contribution in [0.2, 0.25) is 0 Å². The van der Waals surface area contributed by atoms with Gasteiger partial charge < -0.3 is 36.3 Å².